The van der Waals surface area contributed by atoms with Gasteiger partial charge in [-0.15, -0.1) is 4.91 Å². The van der Waals surface area contributed by atoms with Crippen molar-refractivity contribution in [2.45, 2.75) is 0 Å². The molecule has 0 aliphatic heterocycles. The van der Waals surface area contributed by atoms with Gasteiger partial charge in [-0.05, 0) is 0 Å². The Morgan fingerprint density at radius 3 is 0.758 bits per heavy atom. The lowest BCUT2D eigenvalue weighted by molar-refractivity contribution is -0.657. The average molecular weight is 692 g/mol. The molecule has 0 unspecified atom stereocenters. The van der Waals surface area contributed by atoms with E-state index in [0.29, 0.717) is 0 Å². The molecule has 7 N–H and O–H groups in total. The second-order valence-corrected chi connectivity index (χ2v) is 5.64. The third-order valence-corrected chi connectivity index (χ3v) is 3.16. The van der Waals surface area contributed by atoms with E-state index >= 15 is 0 Å². The predicted molar refractivity (Wildman–Crippen MR) is 114 cm³/mol. The molecule has 0 aliphatic rings. The molecule has 33 heavy (non-hydrogen) atoms. The largest absolute Gasteiger partial charge is 1.00 e. The maximum atomic E-state index is 8.11. The molecule has 0 aromatic rings. The zero-order valence-corrected chi connectivity index (χ0v) is 25.6. The Labute approximate surface area is 234 Å². The molecule has 0 aromatic heterocycles. The first-order valence-electron chi connectivity index (χ1n) is 10.0. The van der Waals surface area contributed by atoms with Gasteiger partial charge in [0.15, 0.2) is 5.34 Å². The summed E-state index contributed by atoms with van der Waals surface area (Å²) in [6, 6.07) is 0. The number of quaternary nitrogens is 3. The molecule has 0 amide bonds. The first-order valence-corrected chi connectivity index (χ1v) is 10.0. The molecule has 0 saturated heterocycles. The van der Waals surface area contributed by atoms with Crippen molar-refractivity contribution in [3.63, 3.8) is 0 Å². The number of halogens is 3. The summed E-state index contributed by atoms with van der Waals surface area (Å²) in [7, 11) is 10.3. The molecule has 0 bridgehead atoms. The molecule has 0 heterocycles. The van der Waals surface area contributed by atoms with Crippen LogP contribution in [0.3, 0.4) is 0 Å². The van der Waals surface area contributed by atoms with E-state index in [-0.39, 0.29) is 53.4 Å². The van der Waals surface area contributed by atoms with Gasteiger partial charge >= 0.3 is 0 Å². The van der Waals surface area contributed by atoms with Crippen LogP contribution in [0.4, 0.5) is 0 Å². The van der Waals surface area contributed by atoms with Gasteiger partial charge in [-0.1, -0.05) is 0 Å². The molecule has 12 nitrogen and oxygen atoms in total. The van der Waals surface area contributed by atoms with Crippen molar-refractivity contribution in [1.82, 2.24) is 0 Å². The minimum absolute atomic E-state index is 0. The van der Waals surface area contributed by atoms with Crippen LogP contribution in [0.1, 0.15) is 0 Å². The Morgan fingerprint density at radius 2 is 0.667 bits per heavy atom. The minimum atomic E-state index is 0. The van der Waals surface area contributed by atoms with Crippen LogP contribution in [0.25, 0.3) is 0 Å². The quantitative estimate of drug-likeness (QED) is 0.0479. The minimum Gasteiger partial charge on any atom is -1.00 e. The van der Waals surface area contributed by atoms with E-state index in [1.165, 1.54) is 5.34 Å². The summed E-state index contributed by atoms with van der Waals surface area (Å²) in [5.41, 5.74) is 0. The van der Waals surface area contributed by atoms with Crippen LogP contribution in [0.5, 0.6) is 0 Å². The van der Waals surface area contributed by atoms with Crippen LogP contribution in [0.2, 0.25) is 0 Å². The van der Waals surface area contributed by atoms with Gasteiger partial charge in [0.25, 0.3) is 0 Å². The number of nitrogens with zero attached hydrogens (tertiary/aromatic N) is 1. The Balaban J connectivity index is -0.0000000555. The van der Waals surface area contributed by atoms with Crippen molar-refractivity contribution in [2.24, 2.45) is 5.34 Å². The Hall–Kier alpha value is 0.540. The molecule has 0 fully saturated rings. The van der Waals surface area contributed by atoms with Crippen LogP contribution >= 0.6 is 0 Å². The number of nitrogens with two attached hydrogens (primary N) is 3. The lowest BCUT2D eigenvalue weighted by atomic mass is 10.6. The molecule has 15 heteroatoms. The summed E-state index contributed by atoms with van der Waals surface area (Å²) < 4.78 is 29.1. The van der Waals surface area contributed by atoms with Crippen molar-refractivity contribution in [2.75, 3.05) is 122 Å². The van der Waals surface area contributed by atoms with Crippen molar-refractivity contribution >= 4 is 0 Å². The van der Waals surface area contributed by atoms with Gasteiger partial charge in [0.1, 0.15) is 0 Å². The average Bonchev–Trinajstić information content (AvgIpc) is 2.75. The number of rotatable bonds is 18. The number of methoxy groups -OCH3 is 6. The number of hydrogen-bond donors (Lipinski definition) is 4. The highest BCUT2D eigenvalue weighted by Gasteiger charge is 1.88. The SMILES string of the molecule is COCC[NH2+]CCOC.COCC[NH2+]CCOC.COCC[NH2+]CCOC.O=NO.[Br-].[Cl-].[I-]. The molecule has 0 atom stereocenters. The van der Waals surface area contributed by atoms with Crippen molar-refractivity contribution in [3.8, 4) is 0 Å². The molecule has 0 rings (SSSR count). The summed E-state index contributed by atoms with van der Waals surface area (Å²) in [6.07, 6.45) is 0. The van der Waals surface area contributed by atoms with E-state index < -0.39 is 0 Å². The molecule has 0 radical (unpaired) electrons. The fourth-order valence-electron chi connectivity index (χ4n) is 1.64. The van der Waals surface area contributed by atoms with Gasteiger partial charge in [0.2, 0.25) is 0 Å². The van der Waals surface area contributed by atoms with E-state index in [1.807, 2.05) is 0 Å². The number of hydrogen-bond acceptors (Lipinski definition) is 8. The first kappa shape index (κ1) is 50.4. The van der Waals surface area contributed by atoms with E-state index in [2.05, 4.69) is 16.0 Å². The topological polar surface area (TPSA) is 155 Å². The highest BCUT2D eigenvalue weighted by molar-refractivity contribution is 4.22. The van der Waals surface area contributed by atoms with Gasteiger partial charge in [-0.3, -0.25) is 0 Å². The van der Waals surface area contributed by atoms with Crippen LogP contribution in [-0.4, -0.2) is 127 Å². The van der Waals surface area contributed by atoms with Gasteiger partial charge in [-0.2, -0.15) is 0 Å². The zero-order valence-electron chi connectivity index (χ0n) is 21.1. The molecule has 0 saturated carbocycles. The van der Waals surface area contributed by atoms with Crippen molar-refractivity contribution < 1.29 is 103 Å². The predicted octanol–water partition coefficient (Wildman–Crippen LogP) is -12.3. The summed E-state index contributed by atoms with van der Waals surface area (Å²) >= 11 is 0. The van der Waals surface area contributed by atoms with E-state index in [4.69, 9.17) is 38.5 Å². The lowest BCUT2D eigenvalue weighted by Crippen LogP contribution is -3.00. The molecular formula is C18H49BrClIN4O8. The van der Waals surface area contributed by atoms with Crippen LogP contribution in [0.15, 0.2) is 5.34 Å². The summed E-state index contributed by atoms with van der Waals surface area (Å²) in [6.45, 7) is 11.1. The van der Waals surface area contributed by atoms with Crippen molar-refractivity contribution in [3.05, 3.63) is 4.91 Å². The zero-order chi connectivity index (χ0) is 23.6. The molecule has 0 spiro atoms. The summed E-state index contributed by atoms with van der Waals surface area (Å²) in [5.74, 6) is 0. The Bertz CT molecular complexity index is 226. The first-order chi connectivity index (χ1) is 14.7. The lowest BCUT2D eigenvalue weighted by Gasteiger charge is -1.98. The van der Waals surface area contributed by atoms with Crippen LogP contribution < -0.4 is 69.3 Å². The molecule has 0 aliphatic carbocycles. The molecular weight excluding hydrogens is 642 g/mol. The fourth-order valence-corrected chi connectivity index (χ4v) is 1.64. The van der Waals surface area contributed by atoms with E-state index in [1.54, 1.807) is 42.7 Å². The normalized spacial score (nSPS) is 8.55. The molecule has 0 aromatic carbocycles. The smallest absolute Gasteiger partial charge is 0.152 e. The monoisotopic (exact) mass is 690 g/mol. The van der Waals surface area contributed by atoms with Gasteiger partial charge < -0.3 is 103 Å². The Kier molecular flexibility index (Phi) is 97.3. The third-order valence-electron chi connectivity index (χ3n) is 3.16. The second-order valence-electron chi connectivity index (χ2n) is 5.64. The van der Waals surface area contributed by atoms with Crippen LogP contribution in [-0.2, 0) is 28.4 Å². The fraction of sp³-hybridized carbons (Fsp3) is 1.00. The van der Waals surface area contributed by atoms with E-state index in [9.17, 15) is 0 Å². The summed E-state index contributed by atoms with van der Waals surface area (Å²) in [5, 5.41) is 14.4. The maximum absolute atomic E-state index is 8.11. The maximum Gasteiger partial charge on any atom is 0.152 e. The second kappa shape index (κ2) is 63.7. The van der Waals surface area contributed by atoms with Gasteiger partial charge in [-0.25, -0.2) is 0 Å². The number of ether oxygens (including phenoxy) is 6. The van der Waals surface area contributed by atoms with Gasteiger partial charge in [0, 0.05) is 42.7 Å². The van der Waals surface area contributed by atoms with Crippen molar-refractivity contribution in [1.29, 1.82) is 0 Å². The highest BCUT2D eigenvalue weighted by atomic mass is 127. The highest BCUT2D eigenvalue weighted by Crippen LogP contribution is 1.59. The van der Waals surface area contributed by atoms with Gasteiger partial charge in [0.05, 0.1) is 78.9 Å². The Morgan fingerprint density at radius 1 is 0.545 bits per heavy atom. The molecule has 210 valence electrons. The third kappa shape index (κ3) is 88.3. The standard InChI is InChI=1S/3C6H15NO2.BrH.ClH.HI.HNO2/c3*1-8-5-3-7-4-6-9-2;;;;2-1-3/h3*7H,3-6H2,1-2H3;3*1H;(H,2,3). The van der Waals surface area contributed by atoms with E-state index in [0.717, 1.165) is 78.9 Å². The summed E-state index contributed by atoms with van der Waals surface area (Å²) in [4.78, 5) is 8.11. The van der Waals surface area contributed by atoms with Crippen LogP contribution in [0, 0.1) is 4.91 Å².